The van der Waals surface area contributed by atoms with Crippen molar-refractivity contribution < 1.29 is 4.74 Å². The van der Waals surface area contributed by atoms with Crippen molar-refractivity contribution in [3.63, 3.8) is 0 Å². The first-order valence-electron chi connectivity index (χ1n) is 5.57. The second-order valence-electron chi connectivity index (χ2n) is 4.41. The van der Waals surface area contributed by atoms with Crippen molar-refractivity contribution in [2.45, 2.75) is 32.7 Å². The summed E-state index contributed by atoms with van der Waals surface area (Å²) in [6.07, 6.45) is 1.15. The van der Waals surface area contributed by atoms with Gasteiger partial charge in [0.2, 0.25) is 0 Å². The van der Waals surface area contributed by atoms with Gasteiger partial charge in [-0.05, 0) is 38.9 Å². The second-order valence-corrected chi connectivity index (χ2v) is 4.41. The fourth-order valence-electron chi connectivity index (χ4n) is 1.29. The molecule has 1 aromatic carbocycles. The summed E-state index contributed by atoms with van der Waals surface area (Å²) >= 11 is 0. The Kier molecular flexibility index (Phi) is 4.63. The number of hydrogen-bond donors (Lipinski definition) is 1. The van der Waals surface area contributed by atoms with Gasteiger partial charge < -0.3 is 10.1 Å². The molecular weight excluding hydrogens is 186 g/mol. The van der Waals surface area contributed by atoms with Gasteiger partial charge in [0, 0.05) is 5.54 Å². The van der Waals surface area contributed by atoms with E-state index >= 15 is 0 Å². The zero-order valence-corrected chi connectivity index (χ0v) is 9.92. The van der Waals surface area contributed by atoms with Crippen LogP contribution in [0.5, 0.6) is 5.75 Å². The molecule has 0 fully saturated rings. The van der Waals surface area contributed by atoms with Gasteiger partial charge in [-0.2, -0.15) is 0 Å². The van der Waals surface area contributed by atoms with Crippen LogP contribution in [0.15, 0.2) is 30.3 Å². The highest BCUT2D eigenvalue weighted by molar-refractivity contribution is 5.21. The summed E-state index contributed by atoms with van der Waals surface area (Å²) in [4.78, 5) is 0. The minimum atomic E-state index is 0.0336. The lowest BCUT2D eigenvalue weighted by atomic mass is 10.1. The van der Waals surface area contributed by atoms with Crippen LogP contribution in [0, 0.1) is 0 Å². The molecule has 0 spiro atoms. The SMILES string of the molecule is CCCNC(C)(C)COc1ccccc1. The first kappa shape index (κ1) is 12.1. The molecule has 0 aliphatic rings. The minimum Gasteiger partial charge on any atom is -0.492 e. The quantitative estimate of drug-likeness (QED) is 0.774. The van der Waals surface area contributed by atoms with Gasteiger partial charge in [0.15, 0.2) is 0 Å². The van der Waals surface area contributed by atoms with Crippen molar-refractivity contribution in [1.82, 2.24) is 5.32 Å². The molecule has 1 N–H and O–H groups in total. The predicted molar refractivity (Wildman–Crippen MR) is 64.3 cm³/mol. The molecule has 2 nitrogen and oxygen atoms in total. The molecule has 0 bridgehead atoms. The van der Waals surface area contributed by atoms with Gasteiger partial charge in [-0.15, -0.1) is 0 Å². The van der Waals surface area contributed by atoms with E-state index in [1.54, 1.807) is 0 Å². The maximum absolute atomic E-state index is 5.71. The monoisotopic (exact) mass is 207 g/mol. The van der Waals surface area contributed by atoms with Gasteiger partial charge in [0.05, 0.1) is 0 Å². The highest BCUT2D eigenvalue weighted by Gasteiger charge is 2.16. The highest BCUT2D eigenvalue weighted by atomic mass is 16.5. The predicted octanol–water partition coefficient (Wildman–Crippen LogP) is 2.84. The summed E-state index contributed by atoms with van der Waals surface area (Å²) in [5, 5.41) is 3.45. The van der Waals surface area contributed by atoms with Gasteiger partial charge in [-0.25, -0.2) is 0 Å². The third kappa shape index (κ3) is 4.84. The molecule has 0 saturated carbocycles. The molecular formula is C13H21NO. The Labute approximate surface area is 92.6 Å². The lowest BCUT2D eigenvalue weighted by molar-refractivity contribution is 0.209. The molecule has 0 atom stereocenters. The van der Waals surface area contributed by atoms with Crippen LogP contribution in [0.25, 0.3) is 0 Å². The van der Waals surface area contributed by atoms with Gasteiger partial charge in [-0.1, -0.05) is 25.1 Å². The normalized spacial score (nSPS) is 11.4. The molecule has 1 rings (SSSR count). The van der Waals surface area contributed by atoms with Crippen molar-refractivity contribution in [3.8, 4) is 5.75 Å². The maximum Gasteiger partial charge on any atom is 0.119 e. The van der Waals surface area contributed by atoms with Crippen LogP contribution in [0.2, 0.25) is 0 Å². The van der Waals surface area contributed by atoms with Gasteiger partial charge in [-0.3, -0.25) is 0 Å². The van der Waals surface area contributed by atoms with Crippen molar-refractivity contribution >= 4 is 0 Å². The molecule has 0 aliphatic heterocycles. The highest BCUT2D eigenvalue weighted by Crippen LogP contribution is 2.11. The summed E-state index contributed by atoms with van der Waals surface area (Å²) in [5.74, 6) is 0.934. The van der Waals surface area contributed by atoms with E-state index in [1.807, 2.05) is 30.3 Å². The smallest absolute Gasteiger partial charge is 0.119 e. The van der Waals surface area contributed by atoms with Crippen molar-refractivity contribution in [3.05, 3.63) is 30.3 Å². The van der Waals surface area contributed by atoms with Crippen LogP contribution in [0.1, 0.15) is 27.2 Å². The van der Waals surface area contributed by atoms with Gasteiger partial charge in [0.25, 0.3) is 0 Å². The van der Waals surface area contributed by atoms with E-state index in [0.29, 0.717) is 6.61 Å². The molecule has 0 radical (unpaired) electrons. The zero-order chi connectivity index (χ0) is 11.1. The molecule has 0 amide bonds. The molecule has 84 valence electrons. The van der Waals surface area contributed by atoms with Gasteiger partial charge in [0.1, 0.15) is 12.4 Å². The van der Waals surface area contributed by atoms with E-state index in [0.717, 1.165) is 18.7 Å². The largest absolute Gasteiger partial charge is 0.492 e. The molecule has 0 unspecified atom stereocenters. The van der Waals surface area contributed by atoms with Crippen molar-refractivity contribution in [1.29, 1.82) is 0 Å². The number of benzene rings is 1. The number of ether oxygens (including phenoxy) is 1. The maximum atomic E-state index is 5.71. The molecule has 15 heavy (non-hydrogen) atoms. The Bertz CT molecular complexity index is 269. The number of hydrogen-bond acceptors (Lipinski definition) is 2. The Hall–Kier alpha value is -1.02. The summed E-state index contributed by atoms with van der Waals surface area (Å²) in [7, 11) is 0. The summed E-state index contributed by atoms with van der Waals surface area (Å²) in [6.45, 7) is 8.21. The van der Waals surface area contributed by atoms with E-state index in [1.165, 1.54) is 0 Å². The standard InChI is InChI=1S/C13H21NO/c1-4-10-14-13(2,3)11-15-12-8-6-5-7-9-12/h5-9,14H,4,10-11H2,1-3H3. The lowest BCUT2D eigenvalue weighted by Crippen LogP contribution is -2.44. The van der Waals surface area contributed by atoms with E-state index in [4.69, 9.17) is 4.74 Å². The number of para-hydroxylation sites is 1. The molecule has 0 heterocycles. The summed E-state index contributed by atoms with van der Waals surface area (Å²) in [5.41, 5.74) is 0.0336. The van der Waals surface area contributed by atoms with Crippen molar-refractivity contribution in [2.24, 2.45) is 0 Å². The zero-order valence-electron chi connectivity index (χ0n) is 9.92. The van der Waals surface area contributed by atoms with E-state index in [9.17, 15) is 0 Å². The summed E-state index contributed by atoms with van der Waals surface area (Å²) in [6, 6.07) is 9.93. The molecule has 2 heteroatoms. The number of nitrogens with one attached hydrogen (secondary N) is 1. The average Bonchev–Trinajstić information content (AvgIpc) is 2.25. The Morgan fingerprint density at radius 1 is 1.20 bits per heavy atom. The van der Waals surface area contributed by atoms with E-state index < -0.39 is 0 Å². The van der Waals surface area contributed by atoms with Gasteiger partial charge >= 0.3 is 0 Å². The third-order valence-corrected chi connectivity index (χ3v) is 2.20. The van der Waals surface area contributed by atoms with Crippen LogP contribution in [0.3, 0.4) is 0 Å². The van der Waals surface area contributed by atoms with Crippen LogP contribution < -0.4 is 10.1 Å². The third-order valence-electron chi connectivity index (χ3n) is 2.20. The first-order chi connectivity index (χ1) is 7.14. The Morgan fingerprint density at radius 3 is 2.47 bits per heavy atom. The van der Waals surface area contributed by atoms with Crippen LogP contribution in [-0.2, 0) is 0 Å². The fraction of sp³-hybridized carbons (Fsp3) is 0.538. The van der Waals surface area contributed by atoms with Crippen LogP contribution >= 0.6 is 0 Å². The summed E-state index contributed by atoms with van der Waals surface area (Å²) < 4.78 is 5.71. The van der Waals surface area contributed by atoms with Crippen LogP contribution in [0.4, 0.5) is 0 Å². The lowest BCUT2D eigenvalue weighted by Gasteiger charge is -2.26. The molecule has 0 aliphatic carbocycles. The Balaban J connectivity index is 2.35. The van der Waals surface area contributed by atoms with Crippen LogP contribution in [-0.4, -0.2) is 18.7 Å². The van der Waals surface area contributed by atoms with Crippen molar-refractivity contribution in [2.75, 3.05) is 13.2 Å². The molecule has 1 aromatic rings. The topological polar surface area (TPSA) is 21.3 Å². The second kappa shape index (κ2) is 5.76. The van der Waals surface area contributed by atoms with E-state index in [2.05, 4.69) is 26.1 Å². The number of rotatable bonds is 6. The minimum absolute atomic E-state index is 0.0336. The van der Waals surface area contributed by atoms with E-state index in [-0.39, 0.29) is 5.54 Å². The fourth-order valence-corrected chi connectivity index (χ4v) is 1.29. The first-order valence-corrected chi connectivity index (χ1v) is 5.57. The molecule has 0 aromatic heterocycles. The average molecular weight is 207 g/mol. The Morgan fingerprint density at radius 2 is 1.87 bits per heavy atom. The molecule has 0 saturated heterocycles.